The molecule has 0 aliphatic rings. The van der Waals surface area contributed by atoms with Gasteiger partial charge in [-0.2, -0.15) is 0 Å². The summed E-state index contributed by atoms with van der Waals surface area (Å²) in [6, 6.07) is 44.0. The number of hydrogen-bond acceptors (Lipinski definition) is 5. The standard InChI is InChI=1S/C36H28N3S.C13H24O2.Ir/c1-36(2,3)31-23-28(22-27-16-10-11-17-30(27)31)32-37-35-33(38-34(40-35)26-14-8-5-9-15-26)39(32)29-20-18-25(19-21-29)24-12-6-4-7-13-24;1-5-10(6-2)12(14)9-13(15)11(7-3)8-4;/h4-21,23H,1-3H3;9-11,14H,5-8H2,1-4H3;/q-1;;/b;12-9-;. The summed E-state index contributed by atoms with van der Waals surface area (Å²) in [6.07, 6.45) is 4.91. The summed E-state index contributed by atoms with van der Waals surface area (Å²) in [4.78, 5) is 23.0. The molecule has 5 nitrogen and oxygen atoms in total. The fourth-order valence-electron chi connectivity index (χ4n) is 7.08. The minimum absolute atomic E-state index is 0. The third kappa shape index (κ3) is 9.46. The van der Waals surface area contributed by atoms with Crippen LogP contribution < -0.4 is 0 Å². The Morgan fingerprint density at radius 3 is 1.89 bits per heavy atom. The molecule has 0 saturated heterocycles. The van der Waals surface area contributed by atoms with E-state index in [1.807, 2.05) is 39.8 Å². The Bertz CT molecular complexity index is 2380. The molecule has 0 atom stereocenters. The number of carbonyl (C=O) groups excluding carboxylic acids is 1. The smallest absolute Gasteiger partial charge is 0.169 e. The Balaban J connectivity index is 0.000000322. The van der Waals surface area contributed by atoms with E-state index in [2.05, 4.69) is 135 Å². The summed E-state index contributed by atoms with van der Waals surface area (Å²) >= 11 is 1.63. The van der Waals surface area contributed by atoms with Gasteiger partial charge in [0, 0.05) is 49.3 Å². The first-order valence-electron chi connectivity index (χ1n) is 19.6. The fraction of sp³-hybridized carbons (Fsp3) is 0.286. The molecule has 7 heteroatoms. The zero-order chi connectivity index (χ0) is 39.1. The predicted octanol–water partition coefficient (Wildman–Crippen LogP) is 13.6. The van der Waals surface area contributed by atoms with Gasteiger partial charge in [-0.1, -0.05) is 162 Å². The quantitative estimate of drug-likeness (QED) is 0.0797. The molecule has 5 aromatic carbocycles. The Labute approximate surface area is 349 Å². The van der Waals surface area contributed by atoms with Crippen molar-refractivity contribution in [2.75, 3.05) is 0 Å². The first kappa shape index (κ1) is 42.5. The summed E-state index contributed by atoms with van der Waals surface area (Å²) in [5.74, 6) is 1.41. The minimum Gasteiger partial charge on any atom is -0.512 e. The molecule has 7 aromatic rings. The molecule has 0 amide bonds. The molecule has 0 fully saturated rings. The van der Waals surface area contributed by atoms with Crippen LogP contribution in [0.5, 0.6) is 0 Å². The van der Waals surface area contributed by atoms with Crippen molar-refractivity contribution < 1.29 is 30.0 Å². The molecule has 0 aliphatic carbocycles. The van der Waals surface area contributed by atoms with Gasteiger partial charge in [0.25, 0.3) is 0 Å². The van der Waals surface area contributed by atoms with E-state index in [-0.39, 0.29) is 48.9 Å². The fourth-order valence-corrected chi connectivity index (χ4v) is 8.01. The number of fused-ring (bicyclic) bond motifs is 2. The van der Waals surface area contributed by atoms with Gasteiger partial charge in [-0.25, -0.2) is 4.98 Å². The average molecular weight is 939 g/mol. The van der Waals surface area contributed by atoms with E-state index < -0.39 is 0 Å². The Kier molecular flexibility index (Phi) is 14.4. The van der Waals surface area contributed by atoms with Crippen molar-refractivity contribution in [3.63, 3.8) is 0 Å². The monoisotopic (exact) mass is 939 g/mol. The number of imidazole rings is 1. The zero-order valence-corrected chi connectivity index (χ0v) is 36.7. The summed E-state index contributed by atoms with van der Waals surface area (Å²) in [5.41, 5.74) is 7.60. The second kappa shape index (κ2) is 19.0. The first-order valence-corrected chi connectivity index (χ1v) is 20.4. The van der Waals surface area contributed by atoms with Crippen LogP contribution in [0, 0.1) is 17.9 Å². The van der Waals surface area contributed by atoms with Crippen LogP contribution in [0.4, 0.5) is 0 Å². The van der Waals surface area contributed by atoms with Gasteiger partial charge in [0.15, 0.2) is 16.3 Å². The summed E-state index contributed by atoms with van der Waals surface area (Å²) in [5, 5.41) is 13.1. The molecule has 0 bridgehead atoms. The Morgan fingerprint density at radius 2 is 1.30 bits per heavy atom. The number of aromatic nitrogens is 3. The molecule has 7 rings (SSSR count). The van der Waals surface area contributed by atoms with Gasteiger partial charge in [-0.3, -0.25) is 9.78 Å². The molecule has 1 N–H and O–H groups in total. The van der Waals surface area contributed by atoms with Gasteiger partial charge in [0.2, 0.25) is 0 Å². The summed E-state index contributed by atoms with van der Waals surface area (Å²) < 4.78 is 2.19. The van der Waals surface area contributed by atoms with E-state index in [0.29, 0.717) is 0 Å². The number of rotatable bonds is 11. The van der Waals surface area contributed by atoms with Gasteiger partial charge in [0.05, 0.1) is 11.6 Å². The van der Waals surface area contributed by atoms with Gasteiger partial charge in [-0.15, -0.1) is 29.1 Å². The topological polar surface area (TPSA) is 68.0 Å². The van der Waals surface area contributed by atoms with Crippen molar-refractivity contribution in [1.82, 2.24) is 14.5 Å². The second-order valence-electron chi connectivity index (χ2n) is 15.1. The first-order chi connectivity index (χ1) is 26.6. The number of aliphatic hydroxyl groups is 1. The second-order valence-corrected chi connectivity index (χ2v) is 16.1. The third-order valence-corrected chi connectivity index (χ3v) is 11.4. The average Bonchev–Trinajstić information content (AvgIpc) is 3.78. The molecule has 56 heavy (non-hydrogen) atoms. The largest absolute Gasteiger partial charge is 0.512 e. The molecule has 0 aliphatic heterocycles. The van der Waals surface area contributed by atoms with Gasteiger partial charge in [0.1, 0.15) is 5.01 Å². The van der Waals surface area contributed by atoms with Gasteiger partial charge < -0.3 is 9.67 Å². The predicted molar refractivity (Wildman–Crippen MR) is 232 cm³/mol. The number of thiazole rings is 1. The van der Waals surface area contributed by atoms with E-state index in [0.717, 1.165) is 69.2 Å². The van der Waals surface area contributed by atoms with Crippen LogP contribution in [0.15, 0.2) is 127 Å². The summed E-state index contributed by atoms with van der Waals surface area (Å²) in [7, 11) is 0. The van der Waals surface area contributed by atoms with Crippen LogP contribution in [0.25, 0.3) is 60.0 Å². The Hall–Kier alpha value is -4.68. The van der Waals surface area contributed by atoms with Crippen LogP contribution >= 0.6 is 11.3 Å². The van der Waals surface area contributed by atoms with Crippen molar-refractivity contribution in [2.45, 2.75) is 79.6 Å². The molecule has 291 valence electrons. The van der Waals surface area contributed by atoms with Crippen LogP contribution in [0.3, 0.4) is 0 Å². The third-order valence-electron chi connectivity index (χ3n) is 10.4. The number of allylic oxidation sites excluding steroid dienone is 2. The van der Waals surface area contributed by atoms with Crippen molar-refractivity contribution in [3.8, 4) is 38.8 Å². The maximum Gasteiger partial charge on any atom is 0.169 e. The van der Waals surface area contributed by atoms with E-state index in [1.54, 1.807) is 11.3 Å². The van der Waals surface area contributed by atoms with E-state index in [9.17, 15) is 9.90 Å². The SMILES string of the molecule is CC(C)(C)c1cc(-c2nc3sc(-c4ccccc4)nc3n2-c2ccc(-c3ccccc3)cc2)[c-]c2ccccc12.CCC(CC)C(=O)/C=C(\O)C(CC)CC.[Ir]. The molecular formula is C49H52IrN3O2S-. The molecule has 0 saturated carbocycles. The van der Waals surface area contributed by atoms with E-state index in [1.165, 1.54) is 28.2 Å². The minimum atomic E-state index is -0.0334. The molecule has 2 heterocycles. The van der Waals surface area contributed by atoms with E-state index >= 15 is 0 Å². The molecule has 1 radical (unpaired) electrons. The number of aliphatic hydroxyl groups excluding tert-OH is 1. The Morgan fingerprint density at radius 1 is 0.750 bits per heavy atom. The molecular weight excluding hydrogens is 887 g/mol. The van der Waals surface area contributed by atoms with Crippen LogP contribution in [-0.2, 0) is 30.3 Å². The maximum absolute atomic E-state index is 11.7. The van der Waals surface area contributed by atoms with Crippen molar-refractivity contribution >= 4 is 38.4 Å². The molecule has 2 aromatic heterocycles. The van der Waals surface area contributed by atoms with Crippen molar-refractivity contribution in [3.05, 3.63) is 139 Å². The number of carbonyl (C=O) groups is 1. The molecule has 0 unspecified atom stereocenters. The number of nitrogens with zero attached hydrogens (tertiary/aromatic N) is 3. The van der Waals surface area contributed by atoms with E-state index in [4.69, 9.17) is 9.97 Å². The van der Waals surface area contributed by atoms with Gasteiger partial charge >= 0.3 is 0 Å². The van der Waals surface area contributed by atoms with Crippen LogP contribution in [0.2, 0.25) is 0 Å². The van der Waals surface area contributed by atoms with Gasteiger partial charge in [-0.05, 0) is 54.4 Å². The van der Waals surface area contributed by atoms with Crippen molar-refractivity contribution in [1.29, 1.82) is 0 Å². The number of ketones is 1. The van der Waals surface area contributed by atoms with Crippen LogP contribution in [0.1, 0.15) is 79.7 Å². The number of benzene rings is 5. The zero-order valence-electron chi connectivity index (χ0n) is 33.5. The normalized spacial score (nSPS) is 11.8. The maximum atomic E-state index is 11.7. The van der Waals surface area contributed by atoms with Crippen molar-refractivity contribution in [2.24, 2.45) is 11.8 Å². The number of hydrogen-bond donors (Lipinski definition) is 1. The summed E-state index contributed by atoms with van der Waals surface area (Å²) in [6.45, 7) is 14.9. The van der Waals surface area contributed by atoms with Crippen LogP contribution in [-0.4, -0.2) is 25.4 Å². The molecule has 0 spiro atoms.